The summed E-state index contributed by atoms with van der Waals surface area (Å²) in [6.45, 7) is 5.83. The molecular weight excluding hydrogens is 292 g/mol. The van der Waals surface area contributed by atoms with Gasteiger partial charge < -0.3 is 10.0 Å². The van der Waals surface area contributed by atoms with Gasteiger partial charge in [-0.3, -0.25) is 9.69 Å². The predicted octanol–water partition coefficient (Wildman–Crippen LogP) is 0.435. The highest BCUT2D eigenvalue weighted by Crippen LogP contribution is 2.24. The maximum atomic E-state index is 11.8. The van der Waals surface area contributed by atoms with E-state index >= 15 is 0 Å². The van der Waals surface area contributed by atoms with Gasteiger partial charge in [0.1, 0.15) is 0 Å². The van der Waals surface area contributed by atoms with Gasteiger partial charge in [-0.25, -0.2) is 8.42 Å². The molecule has 0 aromatic heterocycles. The van der Waals surface area contributed by atoms with Crippen LogP contribution < -0.4 is 0 Å². The molecule has 2 fully saturated rings. The molecule has 2 heterocycles. The number of rotatable bonds is 5. The molecule has 0 aromatic rings. The Morgan fingerprint density at radius 1 is 1.24 bits per heavy atom. The molecule has 0 aliphatic carbocycles. The van der Waals surface area contributed by atoms with Crippen molar-refractivity contribution in [2.75, 3.05) is 37.7 Å². The highest BCUT2D eigenvalue weighted by molar-refractivity contribution is 7.91. The summed E-state index contributed by atoms with van der Waals surface area (Å²) >= 11 is 0. The first-order valence-electron chi connectivity index (χ1n) is 7.81. The van der Waals surface area contributed by atoms with E-state index in [1.165, 1.54) is 0 Å². The average Bonchev–Trinajstić information content (AvgIpc) is 2.39. The minimum Gasteiger partial charge on any atom is -0.481 e. The van der Waals surface area contributed by atoms with Crippen LogP contribution in [0.25, 0.3) is 0 Å². The normalized spacial score (nSPS) is 28.5. The van der Waals surface area contributed by atoms with Gasteiger partial charge in [0.2, 0.25) is 0 Å². The van der Waals surface area contributed by atoms with E-state index in [9.17, 15) is 13.2 Å². The van der Waals surface area contributed by atoms with Crippen LogP contribution in [0.4, 0.5) is 0 Å². The van der Waals surface area contributed by atoms with Crippen LogP contribution in [0.1, 0.15) is 32.6 Å². The summed E-state index contributed by atoms with van der Waals surface area (Å²) in [6, 6.07) is -0.0260. The fraction of sp³-hybridized carbons (Fsp3) is 0.929. The van der Waals surface area contributed by atoms with E-state index in [0.717, 1.165) is 38.9 Å². The summed E-state index contributed by atoms with van der Waals surface area (Å²) in [6.07, 6.45) is 3.09. The third-order valence-electron chi connectivity index (χ3n) is 4.55. The lowest BCUT2D eigenvalue weighted by atomic mass is 10.00. The summed E-state index contributed by atoms with van der Waals surface area (Å²) in [4.78, 5) is 15.6. The number of sulfone groups is 1. The third-order valence-corrected chi connectivity index (χ3v) is 6.25. The van der Waals surface area contributed by atoms with Gasteiger partial charge in [0.05, 0.1) is 17.9 Å². The minimum absolute atomic E-state index is 0.00548. The highest BCUT2D eigenvalue weighted by atomic mass is 32.2. The van der Waals surface area contributed by atoms with Crippen molar-refractivity contribution in [2.24, 2.45) is 0 Å². The molecule has 0 amide bonds. The number of carbonyl (C=O) groups is 1. The lowest BCUT2D eigenvalue weighted by Crippen LogP contribution is -2.56. The zero-order chi connectivity index (χ0) is 15.5. The van der Waals surface area contributed by atoms with Crippen molar-refractivity contribution in [1.29, 1.82) is 0 Å². The number of piperidine rings is 1. The van der Waals surface area contributed by atoms with Crippen LogP contribution in [0.15, 0.2) is 0 Å². The number of hydrogen-bond acceptors (Lipinski definition) is 5. The van der Waals surface area contributed by atoms with Gasteiger partial charge in [0, 0.05) is 18.6 Å². The first kappa shape index (κ1) is 16.7. The number of aliphatic carboxylic acids is 1. The molecule has 122 valence electrons. The van der Waals surface area contributed by atoms with E-state index < -0.39 is 15.8 Å². The standard InChI is InChI=1S/C14H26N2O4S/c1-2-5-15-6-3-12(4-7-15)16-8-9-21(19,20)11-13(16)10-14(17)18/h12-13H,2-11H2,1H3,(H,17,18). The van der Waals surface area contributed by atoms with Gasteiger partial charge in [-0.15, -0.1) is 0 Å². The van der Waals surface area contributed by atoms with Crippen LogP contribution in [-0.4, -0.2) is 79.1 Å². The third kappa shape index (κ3) is 4.66. The molecular formula is C14H26N2O4S. The molecule has 2 saturated heterocycles. The van der Waals surface area contributed by atoms with E-state index in [-0.39, 0.29) is 24.0 Å². The Morgan fingerprint density at radius 2 is 1.90 bits per heavy atom. The Labute approximate surface area is 127 Å². The van der Waals surface area contributed by atoms with Crippen molar-refractivity contribution in [1.82, 2.24) is 9.80 Å². The van der Waals surface area contributed by atoms with Gasteiger partial charge in [0.15, 0.2) is 9.84 Å². The van der Waals surface area contributed by atoms with Gasteiger partial charge in [-0.05, 0) is 38.9 Å². The zero-order valence-corrected chi connectivity index (χ0v) is 13.5. The minimum atomic E-state index is -3.08. The number of nitrogens with zero attached hydrogens (tertiary/aromatic N) is 2. The number of carboxylic acid groups (broad SMARTS) is 1. The molecule has 0 saturated carbocycles. The van der Waals surface area contributed by atoms with Gasteiger partial charge in [-0.1, -0.05) is 6.92 Å². The molecule has 1 N–H and O–H groups in total. The van der Waals surface area contributed by atoms with Crippen LogP contribution >= 0.6 is 0 Å². The Hall–Kier alpha value is -0.660. The Kier molecular flexibility index (Phi) is 5.62. The number of hydrogen-bond donors (Lipinski definition) is 1. The largest absolute Gasteiger partial charge is 0.481 e. The molecule has 0 aromatic carbocycles. The zero-order valence-electron chi connectivity index (χ0n) is 12.7. The first-order valence-corrected chi connectivity index (χ1v) is 9.63. The Bertz CT molecular complexity index is 458. The topological polar surface area (TPSA) is 77.9 Å². The molecule has 7 heteroatoms. The predicted molar refractivity (Wildman–Crippen MR) is 81.2 cm³/mol. The van der Waals surface area contributed by atoms with Gasteiger partial charge in [-0.2, -0.15) is 0 Å². The van der Waals surface area contributed by atoms with E-state index in [4.69, 9.17) is 5.11 Å². The molecule has 0 bridgehead atoms. The van der Waals surface area contributed by atoms with E-state index in [1.807, 2.05) is 0 Å². The average molecular weight is 318 g/mol. The van der Waals surface area contributed by atoms with Crippen molar-refractivity contribution in [3.05, 3.63) is 0 Å². The number of carboxylic acids is 1. The summed E-state index contributed by atoms with van der Waals surface area (Å²) < 4.78 is 23.6. The van der Waals surface area contributed by atoms with Crippen LogP contribution in [0.3, 0.4) is 0 Å². The summed E-state index contributed by atoms with van der Waals surface area (Å²) in [5.74, 6) is -0.752. The van der Waals surface area contributed by atoms with E-state index in [1.54, 1.807) is 0 Å². The van der Waals surface area contributed by atoms with Crippen molar-refractivity contribution >= 4 is 15.8 Å². The SMILES string of the molecule is CCCN1CCC(N2CCS(=O)(=O)CC2CC(=O)O)CC1. The van der Waals surface area contributed by atoms with Gasteiger partial charge in [0.25, 0.3) is 0 Å². The Morgan fingerprint density at radius 3 is 2.48 bits per heavy atom. The highest BCUT2D eigenvalue weighted by Gasteiger charge is 2.37. The maximum Gasteiger partial charge on any atom is 0.304 e. The fourth-order valence-electron chi connectivity index (χ4n) is 3.55. The van der Waals surface area contributed by atoms with E-state index in [2.05, 4.69) is 16.7 Å². The van der Waals surface area contributed by atoms with Gasteiger partial charge >= 0.3 is 5.97 Å². The van der Waals surface area contributed by atoms with Crippen molar-refractivity contribution in [3.8, 4) is 0 Å². The number of likely N-dealkylation sites (tertiary alicyclic amines) is 1. The lowest BCUT2D eigenvalue weighted by Gasteiger charge is -2.44. The van der Waals surface area contributed by atoms with Crippen LogP contribution in [-0.2, 0) is 14.6 Å². The maximum absolute atomic E-state index is 11.8. The molecule has 0 radical (unpaired) electrons. The summed E-state index contributed by atoms with van der Waals surface area (Å²) in [5, 5.41) is 9.03. The van der Waals surface area contributed by atoms with Crippen LogP contribution in [0.5, 0.6) is 0 Å². The van der Waals surface area contributed by atoms with E-state index in [0.29, 0.717) is 12.6 Å². The fourth-order valence-corrected chi connectivity index (χ4v) is 5.10. The van der Waals surface area contributed by atoms with Crippen LogP contribution in [0.2, 0.25) is 0 Å². The second kappa shape index (κ2) is 7.07. The summed E-state index contributed by atoms with van der Waals surface area (Å²) in [5.41, 5.74) is 0. The molecule has 2 aliphatic heterocycles. The van der Waals surface area contributed by atoms with Crippen molar-refractivity contribution in [3.63, 3.8) is 0 Å². The second-order valence-electron chi connectivity index (χ2n) is 6.18. The lowest BCUT2D eigenvalue weighted by molar-refractivity contribution is -0.138. The molecule has 2 aliphatic rings. The summed E-state index contributed by atoms with van der Waals surface area (Å²) in [7, 11) is -3.08. The smallest absolute Gasteiger partial charge is 0.304 e. The molecule has 6 nitrogen and oxygen atoms in total. The Balaban J connectivity index is 1.98. The second-order valence-corrected chi connectivity index (χ2v) is 8.41. The first-order chi connectivity index (χ1) is 9.91. The quantitative estimate of drug-likeness (QED) is 0.792. The molecule has 1 atom stereocenters. The van der Waals surface area contributed by atoms with Crippen molar-refractivity contribution < 1.29 is 18.3 Å². The molecule has 1 unspecified atom stereocenters. The monoisotopic (exact) mass is 318 g/mol. The molecule has 2 rings (SSSR count). The van der Waals surface area contributed by atoms with Crippen molar-refractivity contribution in [2.45, 2.75) is 44.7 Å². The van der Waals surface area contributed by atoms with Crippen LogP contribution in [0, 0.1) is 0 Å². The molecule has 21 heavy (non-hydrogen) atoms. The molecule has 0 spiro atoms.